The smallest absolute Gasteiger partial charge is 0.159 e. The number of aromatic nitrogens is 2. The minimum atomic E-state index is 0.530. The molecule has 0 saturated carbocycles. The number of hydrogen-bond donors (Lipinski definition) is 0. The fourth-order valence-electron chi connectivity index (χ4n) is 3.90. The van der Waals surface area contributed by atoms with Crippen molar-refractivity contribution in [2.45, 2.75) is 84.7 Å². The SMILES string of the molecule is CCCCCCCCCc1ccc(-c2ncc(OCc3ccc(CCC)cc3)cn2)cc1. The lowest BCUT2D eigenvalue weighted by Gasteiger charge is -2.08. The Morgan fingerprint density at radius 1 is 0.594 bits per heavy atom. The summed E-state index contributed by atoms with van der Waals surface area (Å²) >= 11 is 0. The van der Waals surface area contributed by atoms with Crippen LogP contribution in [-0.2, 0) is 19.4 Å². The normalized spacial score (nSPS) is 10.9. The lowest BCUT2D eigenvalue weighted by Crippen LogP contribution is -1.98. The first-order valence-corrected chi connectivity index (χ1v) is 12.4. The van der Waals surface area contributed by atoms with E-state index in [9.17, 15) is 0 Å². The van der Waals surface area contributed by atoms with Crippen LogP contribution in [0.25, 0.3) is 11.4 Å². The van der Waals surface area contributed by atoms with Gasteiger partial charge in [-0.05, 0) is 36.0 Å². The predicted molar refractivity (Wildman–Crippen MR) is 134 cm³/mol. The minimum Gasteiger partial charge on any atom is -0.486 e. The predicted octanol–water partition coefficient (Wildman–Crippen LogP) is 7.97. The lowest BCUT2D eigenvalue weighted by atomic mass is 10.0. The zero-order chi connectivity index (χ0) is 22.4. The minimum absolute atomic E-state index is 0.530. The lowest BCUT2D eigenvalue weighted by molar-refractivity contribution is 0.303. The van der Waals surface area contributed by atoms with E-state index in [0.717, 1.165) is 29.8 Å². The van der Waals surface area contributed by atoms with Gasteiger partial charge in [0.15, 0.2) is 11.6 Å². The third-order valence-corrected chi connectivity index (χ3v) is 5.88. The van der Waals surface area contributed by atoms with Gasteiger partial charge in [0.25, 0.3) is 0 Å². The van der Waals surface area contributed by atoms with E-state index < -0.39 is 0 Å². The number of rotatable bonds is 14. The highest BCUT2D eigenvalue weighted by Crippen LogP contribution is 2.19. The quantitative estimate of drug-likeness (QED) is 0.243. The van der Waals surface area contributed by atoms with Crippen LogP contribution in [0.4, 0.5) is 0 Å². The standard InChI is InChI=1S/C29H38N2O/c1-3-5-6-7-8-9-10-12-25-17-19-27(20-18-25)29-30-21-28(22-31-29)32-23-26-15-13-24(11-4-2)14-16-26/h13-22H,3-12,23H2,1-2H3. The summed E-state index contributed by atoms with van der Waals surface area (Å²) < 4.78 is 5.86. The first-order chi connectivity index (χ1) is 15.8. The topological polar surface area (TPSA) is 35.0 Å². The van der Waals surface area contributed by atoms with Gasteiger partial charge in [0, 0.05) is 5.56 Å². The van der Waals surface area contributed by atoms with Crippen LogP contribution in [-0.4, -0.2) is 9.97 Å². The second-order valence-corrected chi connectivity index (χ2v) is 8.67. The average Bonchev–Trinajstić information content (AvgIpc) is 2.84. The highest BCUT2D eigenvalue weighted by atomic mass is 16.5. The third kappa shape index (κ3) is 8.11. The van der Waals surface area contributed by atoms with Gasteiger partial charge in [-0.1, -0.05) is 107 Å². The monoisotopic (exact) mass is 430 g/mol. The Labute approximate surface area is 194 Å². The first kappa shape index (κ1) is 24.0. The highest BCUT2D eigenvalue weighted by molar-refractivity contribution is 5.55. The van der Waals surface area contributed by atoms with Gasteiger partial charge >= 0.3 is 0 Å². The van der Waals surface area contributed by atoms with Crippen molar-refractivity contribution >= 4 is 0 Å². The molecule has 0 atom stereocenters. The van der Waals surface area contributed by atoms with Gasteiger partial charge in [-0.3, -0.25) is 0 Å². The van der Waals surface area contributed by atoms with Gasteiger partial charge in [-0.2, -0.15) is 0 Å². The van der Waals surface area contributed by atoms with Crippen LogP contribution >= 0.6 is 0 Å². The molecule has 0 bridgehead atoms. The molecule has 0 unspecified atom stereocenters. The van der Waals surface area contributed by atoms with Gasteiger partial charge in [-0.15, -0.1) is 0 Å². The molecule has 0 aliphatic heterocycles. The molecule has 0 aliphatic rings. The summed E-state index contributed by atoms with van der Waals surface area (Å²) in [7, 11) is 0. The molecule has 170 valence electrons. The molecule has 2 aromatic carbocycles. The molecule has 3 rings (SSSR count). The van der Waals surface area contributed by atoms with E-state index in [1.807, 2.05) is 0 Å². The zero-order valence-electron chi connectivity index (χ0n) is 19.9. The van der Waals surface area contributed by atoms with E-state index in [1.54, 1.807) is 12.4 Å². The molecule has 0 amide bonds. The van der Waals surface area contributed by atoms with Crippen molar-refractivity contribution in [2.75, 3.05) is 0 Å². The van der Waals surface area contributed by atoms with Crippen LogP contribution in [0.1, 0.15) is 81.9 Å². The summed E-state index contributed by atoms with van der Waals surface area (Å²) in [5.41, 5.74) is 4.97. The Morgan fingerprint density at radius 3 is 1.81 bits per heavy atom. The Hall–Kier alpha value is -2.68. The molecular weight excluding hydrogens is 392 g/mol. The Morgan fingerprint density at radius 2 is 1.16 bits per heavy atom. The van der Waals surface area contributed by atoms with E-state index in [4.69, 9.17) is 4.74 Å². The van der Waals surface area contributed by atoms with Gasteiger partial charge in [0.05, 0.1) is 12.4 Å². The molecule has 0 aliphatic carbocycles. The summed E-state index contributed by atoms with van der Waals surface area (Å²) in [5, 5.41) is 0. The van der Waals surface area contributed by atoms with Gasteiger partial charge in [0.1, 0.15) is 6.61 Å². The Bertz CT molecular complexity index is 886. The van der Waals surface area contributed by atoms with Crippen LogP contribution in [0.15, 0.2) is 60.9 Å². The molecular formula is C29H38N2O. The maximum atomic E-state index is 5.86. The fraction of sp³-hybridized carbons (Fsp3) is 0.448. The van der Waals surface area contributed by atoms with Crippen molar-refractivity contribution in [1.29, 1.82) is 0 Å². The highest BCUT2D eigenvalue weighted by Gasteiger charge is 2.04. The zero-order valence-corrected chi connectivity index (χ0v) is 19.9. The van der Waals surface area contributed by atoms with Gasteiger partial charge in [-0.25, -0.2) is 9.97 Å². The molecule has 1 aromatic heterocycles. The van der Waals surface area contributed by atoms with Crippen LogP contribution in [0.2, 0.25) is 0 Å². The van der Waals surface area contributed by atoms with E-state index >= 15 is 0 Å². The summed E-state index contributed by atoms with van der Waals surface area (Å²) in [5.74, 6) is 1.44. The number of aryl methyl sites for hydroxylation is 2. The van der Waals surface area contributed by atoms with Crippen LogP contribution < -0.4 is 4.74 Å². The summed E-state index contributed by atoms with van der Waals surface area (Å²) in [6, 6.07) is 17.3. The van der Waals surface area contributed by atoms with Crippen LogP contribution in [0.5, 0.6) is 5.75 Å². The summed E-state index contributed by atoms with van der Waals surface area (Å²) in [6.45, 7) is 5.00. The van der Waals surface area contributed by atoms with Crippen molar-refractivity contribution in [3.63, 3.8) is 0 Å². The molecule has 0 radical (unpaired) electrons. The van der Waals surface area contributed by atoms with E-state index in [2.05, 4.69) is 72.3 Å². The van der Waals surface area contributed by atoms with Gasteiger partial charge < -0.3 is 4.74 Å². The van der Waals surface area contributed by atoms with E-state index in [0.29, 0.717) is 12.4 Å². The molecule has 32 heavy (non-hydrogen) atoms. The summed E-state index contributed by atoms with van der Waals surface area (Å²) in [6.07, 6.45) is 16.4. The van der Waals surface area contributed by atoms with Crippen molar-refractivity contribution < 1.29 is 4.74 Å². The van der Waals surface area contributed by atoms with Crippen molar-refractivity contribution in [1.82, 2.24) is 9.97 Å². The second kappa shape index (κ2) is 13.7. The maximum absolute atomic E-state index is 5.86. The second-order valence-electron chi connectivity index (χ2n) is 8.67. The average molecular weight is 431 g/mol. The van der Waals surface area contributed by atoms with Crippen molar-refractivity contribution in [3.05, 3.63) is 77.6 Å². The van der Waals surface area contributed by atoms with E-state index in [1.165, 1.54) is 62.5 Å². The Balaban J connectivity index is 1.43. The number of unbranched alkanes of at least 4 members (excludes halogenated alkanes) is 6. The number of ether oxygens (including phenoxy) is 1. The summed E-state index contributed by atoms with van der Waals surface area (Å²) in [4.78, 5) is 9.01. The number of benzene rings is 2. The molecule has 0 fully saturated rings. The molecule has 3 aromatic rings. The Kier molecular flexibility index (Phi) is 10.2. The van der Waals surface area contributed by atoms with Crippen LogP contribution in [0.3, 0.4) is 0 Å². The molecule has 1 heterocycles. The van der Waals surface area contributed by atoms with Crippen molar-refractivity contribution in [3.8, 4) is 17.1 Å². The first-order valence-electron chi connectivity index (χ1n) is 12.4. The number of hydrogen-bond acceptors (Lipinski definition) is 3. The number of nitrogens with zero attached hydrogens (tertiary/aromatic N) is 2. The largest absolute Gasteiger partial charge is 0.486 e. The maximum Gasteiger partial charge on any atom is 0.159 e. The van der Waals surface area contributed by atoms with Gasteiger partial charge in [0.2, 0.25) is 0 Å². The third-order valence-electron chi connectivity index (χ3n) is 5.88. The van der Waals surface area contributed by atoms with Crippen LogP contribution in [0, 0.1) is 0 Å². The molecule has 0 N–H and O–H groups in total. The molecule has 0 spiro atoms. The molecule has 3 heteroatoms. The van der Waals surface area contributed by atoms with Crippen molar-refractivity contribution in [2.24, 2.45) is 0 Å². The molecule has 3 nitrogen and oxygen atoms in total. The van der Waals surface area contributed by atoms with E-state index in [-0.39, 0.29) is 0 Å². The fourth-order valence-corrected chi connectivity index (χ4v) is 3.90. The molecule has 0 saturated heterocycles.